The minimum Gasteiger partial charge on any atom is -0.756 e. The summed E-state index contributed by atoms with van der Waals surface area (Å²) in [5, 5.41) is 13.8. The molecule has 0 aromatic heterocycles. The summed E-state index contributed by atoms with van der Waals surface area (Å²) >= 11 is 0. The fourth-order valence-electron chi connectivity index (χ4n) is 6.49. The van der Waals surface area contributed by atoms with Crippen molar-refractivity contribution in [2.45, 2.75) is 199 Å². The van der Waals surface area contributed by atoms with Crippen LogP contribution in [-0.2, 0) is 18.4 Å². The lowest BCUT2D eigenvalue weighted by Gasteiger charge is -2.29. The van der Waals surface area contributed by atoms with Crippen LogP contribution in [0.4, 0.5) is 0 Å². The Morgan fingerprint density at radius 2 is 1.02 bits per heavy atom. The number of aliphatic hydroxyl groups excluding tert-OH is 1. The van der Waals surface area contributed by atoms with Crippen LogP contribution in [0, 0.1) is 0 Å². The molecule has 2 N–H and O–H groups in total. The molecule has 0 heterocycles. The first-order chi connectivity index (χ1) is 29.5. The molecule has 0 radical (unpaired) electrons. The number of likely N-dealkylation sites (N-methyl/N-ethyl adjacent to an activating group) is 1. The zero-order valence-corrected chi connectivity index (χ0v) is 40.7. The zero-order valence-electron chi connectivity index (χ0n) is 39.8. The second-order valence-electron chi connectivity index (χ2n) is 17.4. The Morgan fingerprint density at radius 1 is 0.590 bits per heavy atom. The number of carbonyl (C=O) groups excluding carboxylic acids is 1. The van der Waals surface area contributed by atoms with Crippen LogP contribution in [0.5, 0.6) is 0 Å². The Morgan fingerprint density at radius 3 is 1.52 bits per heavy atom. The van der Waals surface area contributed by atoms with E-state index in [4.69, 9.17) is 9.05 Å². The van der Waals surface area contributed by atoms with E-state index >= 15 is 0 Å². The van der Waals surface area contributed by atoms with Gasteiger partial charge in [0.2, 0.25) is 5.91 Å². The van der Waals surface area contributed by atoms with Gasteiger partial charge >= 0.3 is 0 Å². The highest BCUT2D eigenvalue weighted by Crippen LogP contribution is 2.38. The zero-order chi connectivity index (χ0) is 45.0. The summed E-state index contributed by atoms with van der Waals surface area (Å²) < 4.78 is 23.2. The number of nitrogens with zero attached hydrogens (tertiary/aromatic N) is 1. The molecular formula is C52H93N2O6P. The number of hydrogen-bond acceptors (Lipinski definition) is 6. The van der Waals surface area contributed by atoms with Gasteiger partial charge in [0.25, 0.3) is 7.82 Å². The third-order valence-electron chi connectivity index (χ3n) is 10.3. The predicted octanol–water partition coefficient (Wildman–Crippen LogP) is 13.5. The molecule has 0 aromatic carbocycles. The van der Waals surface area contributed by atoms with Crippen LogP contribution in [-0.4, -0.2) is 68.5 Å². The van der Waals surface area contributed by atoms with Gasteiger partial charge in [0.15, 0.2) is 0 Å². The van der Waals surface area contributed by atoms with Crippen molar-refractivity contribution in [3.05, 3.63) is 85.1 Å². The number of carbonyl (C=O) groups is 1. The molecule has 1 amide bonds. The second-order valence-corrected chi connectivity index (χ2v) is 18.8. The molecule has 0 aromatic rings. The highest BCUT2D eigenvalue weighted by molar-refractivity contribution is 7.45. The maximum Gasteiger partial charge on any atom is 0.268 e. The van der Waals surface area contributed by atoms with Crippen molar-refractivity contribution < 1.29 is 32.9 Å². The quantitative estimate of drug-likeness (QED) is 0.0273. The monoisotopic (exact) mass is 873 g/mol. The lowest BCUT2D eigenvalue weighted by atomic mass is 10.0. The Hall–Kier alpha value is -2.32. The van der Waals surface area contributed by atoms with Crippen molar-refractivity contribution in [1.29, 1.82) is 0 Å². The smallest absolute Gasteiger partial charge is 0.268 e. The fourth-order valence-corrected chi connectivity index (χ4v) is 7.21. The predicted molar refractivity (Wildman–Crippen MR) is 260 cm³/mol. The highest BCUT2D eigenvalue weighted by Gasteiger charge is 2.23. The molecule has 61 heavy (non-hydrogen) atoms. The average molecular weight is 873 g/mol. The topological polar surface area (TPSA) is 108 Å². The molecule has 0 aliphatic carbocycles. The van der Waals surface area contributed by atoms with Crippen molar-refractivity contribution in [3.8, 4) is 0 Å². The van der Waals surface area contributed by atoms with Crippen LogP contribution in [0.1, 0.15) is 187 Å². The number of phosphoric acid groups is 1. The van der Waals surface area contributed by atoms with E-state index in [1.54, 1.807) is 6.08 Å². The molecule has 0 rings (SSSR count). The molecule has 0 fully saturated rings. The molecule has 0 aliphatic rings. The highest BCUT2D eigenvalue weighted by atomic mass is 31.2. The fraction of sp³-hybridized carbons (Fsp3) is 0.712. The molecule has 3 unspecified atom stereocenters. The van der Waals surface area contributed by atoms with E-state index in [1.807, 2.05) is 27.2 Å². The van der Waals surface area contributed by atoms with Crippen molar-refractivity contribution in [1.82, 2.24) is 5.32 Å². The number of hydrogen-bond donors (Lipinski definition) is 2. The minimum atomic E-state index is -4.60. The van der Waals surface area contributed by atoms with E-state index < -0.39 is 26.6 Å². The van der Waals surface area contributed by atoms with E-state index in [0.29, 0.717) is 17.4 Å². The number of rotatable bonds is 43. The van der Waals surface area contributed by atoms with Crippen molar-refractivity contribution in [2.24, 2.45) is 0 Å². The number of nitrogens with one attached hydrogen (secondary N) is 1. The maximum absolute atomic E-state index is 12.9. The number of quaternary nitrogens is 1. The molecule has 9 heteroatoms. The van der Waals surface area contributed by atoms with Crippen LogP contribution >= 0.6 is 7.82 Å². The van der Waals surface area contributed by atoms with Gasteiger partial charge in [-0.25, -0.2) is 0 Å². The van der Waals surface area contributed by atoms with Gasteiger partial charge in [-0.1, -0.05) is 189 Å². The second kappa shape index (κ2) is 43.0. The third-order valence-corrected chi connectivity index (χ3v) is 11.3. The molecule has 8 nitrogen and oxygen atoms in total. The Labute approximate surface area is 376 Å². The van der Waals surface area contributed by atoms with Crippen LogP contribution in [0.25, 0.3) is 0 Å². The number of phosphoric ester groups is 1. The summed E-state index contributed by atoms with van der Waals surface area (Å²) in [6.45, 7) is 4.47. The summed E-state index contributed by atoms with van der Waals surface area (Å²) in [4.78, 5) is 25.3. The number of unbranched alkanes of at least 4 members (excludes halogenated alkanes) is 18. The molecule has 3 atom stereocenters. The summed E-state index contributed by atoms with van der Waals surface area (Å²) in [7, 11) is 1.23. The van der Waals surface area contributed by atoms with E-state index in [-0.39, 0.29) is 12.5 Å². The van der Waals surface area contributed by atoms with Gasteiger partial charge in [0.1, 0.15) is 13.2 Å². The first-order valence-electron chi connectivity index (χ1n) is 24.4. The van der Waals surface area contributed by atoms with Gasteiger partial charge in [0, 0.05) is 6.42 Å². The molecule has 352 valence electrons. The lowest BCUT2D eigenvalue weighted by Crippen LogP contribution is -2.45. The van der Waals surface area contributed by atoms with E-state index in [9.17, 15) is 19.4 Å². The van der Waals surface area contributed by atoms with Gasteiger partial charge in [-0.3, -0.25) is 9.36 Å². The molecule has 0 spiro atoms. The SMILES string of the molecule is CC/C=C\C/C=C\C/C=C\C/C=C\C/C=C\CCCCCCCCCCCCCC(=O)NC(COP(=O)([O-])OCC[N+](C)(C)C)C(O)/C=C/CC/C=C/CCCCCCCC. The van der Waals surface area contributed by atoms with E-state index in [0.717, 1.165) is 70.6 Å². The lowest BCUT2D eigenvalue weighted by molar-refractivity contribution is -0.870. The molecule has 0 saturated carbocycles. The third kappa shape index (κ3) is 45.5. The van der Waals surface area contributed by atoms with Crippen LogP contribution < -0.4 is 10.2 Å². The van der Waals surface area contributed by atoms with Gasteiger partial charge < -0.3 is 28.8 Å². The standard InChI is InChI=1S/C52H93N2O6P/c1-6-8-10-12-14-16-18-20-21-22-23-24-25-26-27-28-29-30-31-32-33-34-36-38-40-42-44-46-52(56)53-50(49-60-61(57,58)59-48-47-54(3,4)5)51(55)45-43-41-39-37-35-19-17-15-13-11-9-7-2/h8,10,14,16,20-21,23-24,26-27,35,37,43,45,50-51,55H,6-7,9,11-13,15,17-19,22,25,28-34,36,38-42,44,46-49H2,1-5H3,(H-,53,56,57,58)/b10-8-,16-14-,21-20-,24-23-,27-26-,37-35+,45-43+. The van der Waals surface area contributed by atoms with Gasteiger partial charge in [0.05, 0.1) is 39.9 Å². The van der Waals surface area contributed by atoms with Crippen LogP contribution in [0.2, 0.25) is 0 Å². The number of amides is 1. The molecule has 0 aliphatic heterocycles. The van der Waals surface area contributed by atoms with E-state index in [2.05, 4.69) is 92.1 Å². The maximum atomic E-state index is 12.9. The molecule has 0 bridgehead atoms. The molecular weight excluding hydrogens is 780 g/mol. The first-order valence-corrected chi connectivity index (χ1v) is 25.9. The summed E-state index contributed by atoms with van der Waals surface area (Å²) in [5.74, 6) is -0.216. The Kier molecular flexibility index (Phi) is 41.3. The minimum absolute atomic E-state index is 0.0108. The normalized spacial score (nSPS) is 14.9. The number of allylic oxidation sites excluding steroid dienone is 13. The van der Waals surface area contributed by atoms with Crippen molar-refractivity contribution >= 4 is 13.7 Å². The van der Waals surface area contributed by atoms with Gasteiger partial charge in [-0.15, -0.1) is 0 Å². The molecule has 0 saturated heterocycles. The van der Waals surface area contributed by atoms with Gasteiger partial charge in [-0.2, -0.15) is 0 Å². The Bertz CT molecular complexity index is 1260. The van der Waals surface area contributed by atoms with Crippen molar-refractivity contribution in [3.63, 3.8) is 0 Å². The largest absolute Gasteiger partial charge is 0.756 e. The average Bonchev–Trinajstić information content (AvgIpc) is 3.21. The summed E-state index contributed by atoms with van der Waals surface area (Å²) in [6, 6.07) is -0.908. The van der Waals surface area contributed by atoms with Gasteiger partial charge in [-0.05, 0) is 77.0 Å². The summed E-state index contributed by atoms with van der Waals surface area (Å²) in [6.07, 6.45) is 59.3. The number of aliphatic hydroxyl groups is 1. The van der Waals surface area contributed by atoms with Crippen LogP contribution in [0.3, 0.4) is 0 Å². The Balaban J connectivity index is 4.25. The summed E-state index contributed by atoms with van der Waals surface area (Å²) in [5.41, 5.74) is 0. The van der Waals surface area contributed by atoms with E-state index in [1.165, 1.54) is 96.3 Å². The van der Waals surface area contributed by atoms with Crippen LogP contribution in [0.15, 0.2) is 85.1 Å². The first kappa shape index (κ1) is 58.7. The van der Waals surface area contributed by atoms with Crippen molar-refractivity contribution in [2.75, 3.05) is 40.9 Å².